The molecule has 0 spiro atoms. The Kier molecular flexibility index (Phi) is 5.45. The van der Waals surface area contributed by atoms with E-state index in [0.29, 0.717) is 28.6 Å². The van der Waals surface area contributed by atoms with E-state index in [-0.39, 0.29) is 35.8 Å². The molecule has 3 rings (SSSR count). The van der Waals surface area contributed by atoms with E-state index >= 15 is 0 Å². The third kappa shape index (κ3) is 3.56. The summed E-state index contributed by atoms with van der Waals surface area (Å²) in [5.41, 5.74) is 1.10. The molecule has 1 atom stereocenters. The van der Waals surface area contributed by atoms with Gasteiger partial charge >= 0.3 is 12.1 Å². The minimum atomic E-state index is -0.439. The van der Waals surface area contributed by atoms with Gasteiger partial charge in [0, 0.05) is 5.69 Å². The molecule has 4 N–H and O–H groups in total. The van der Waals surface area contributed by atoms with E-state index in [1.54, 1.807) is 12.1 Å². The molecule has 1 unspecified atom stereocenters. The second kappa shape index (κ2) is 7.33. The van der Waals surface area contributed by atoms with Gasteiger partial charge in [0.25, 0.3) is 5.82 Å². The van der Waals surface area contributed by atoms with Crippen LogP contribution in [0.3, 0.4) is 0 Å². The molecule has 1 aromatic heterocycles. The van der Waals surface area contributed by atoms with E-state index in [0.717, 1.165) is 0 Å². The molecule has 0 saturated heterocycles. The fraction of sp³-hybridized carbons (Fsp3) is 0.143. The number of benzene rings is 1. The molecule has 120 valence electrons. The summed E-state index contributed by atoms with van der Waals surface area (Å²) >= 11 is 0. The SMILES string of the molecule is CC[NH+]1C(=O)Nc2c(NC(=O)Nc3ccccc3)ncnc21.[I-]. The van der Waals surface area contributed by atoms with Gasteiger partial charge in [-0.05, 0) is 19.1 Å². The van der Waals surface area contributed by atoms with Crippen molar-refractivity contribution in [1.29, 1.82) is 0 Å². The summed E-state index contributed by atoms with van der Waals surface area (Å²) in [6, 6.07) is 8.40. The van der Waals surface area contributed by atoms with Crippen LogP contribution in [0.5, 0.6) is 0 Å². The maximum Gasteiger partial charge on any atom is 0.426 e. The Balaban J connectivity index is 0.00000192. The number of hydrogen-bond donors (Lipinski definition) is 4. The monoisotopic (exact) mass is 426 g/mol. The molecule has 2 heterocycles. The molecule has 23 heavy (non-hydrogen) atoms. The number of halogens is 1. The van der Waals surface area contributed by atoms with Crippen molar-refractivity contribution < 1.29 is 38.5 Å². The first kappa shape index (κ1) is 17.1. The maximum absolute atomic E-state index is 12.0. The smallest absolute Gasteiger partial charge is 0.426 e. The molecule has 4 amide bonds. The number of carbonyl (C=O) groups excluding carboxylic acids is 2. The number of rotatable bonds is 3. The number of aromatic nitrogens is 2. The minimum Gasteiger partial charge on any atom is -1.00 e. The lowest BCUT2D eigenvalue weighted by atomic mass is 10.3. The molecule has 1 aliphatic rings. The van der Waals surface area contributed by atoms with E-state index in [4.69, 9.17) is 0 Å². The number of nitrogens with one attached hydrogen (secondary N) is 4. The molecule has 0 bridgehead atoms. The molecule has 1 aromatic carbocycles. The first-order valence-electron chi connectivity index (χ1n) is 6.84. The number of fused-ring (bicyclic) bond motifs is 1. The van der Waals surface area contributed by atoms with Gasteiger partial charge in [0.05, 0.1) is 6.54 Å². The zero-order valence-electron chi connectivity index (χ0n) is 12.3. The standard InChI is InChI=1S/C14H14N6O2.HI/c1-2-20-12-10(18-14(20)22)11(15-8-16-12)19-13(21)17-9-6-4-3-5-7-9;/h3-8H,2H2,1H3,(H,18,22)(H2,15,16,17,19,21);1H. The van der Waals surface area contributed by atoms with E-state index in [1.165, 1.54) is 6.33 Å². The van der Waals surface area contributed by atoms with Crippen molar-refractivity contribution in [3.8, 4) is 0 Å². The van der Waals surface area contributed by atoms with E-state index in [2.05, 4.69) is 25.9 Å². The number of quaternary nitrogens is 1. The maximum atomic E-state index is 12.0. The predicted octanol–water partition coefficient (Wildman–Crippen LogP) is -1.79. The lowest BCUT2D eigenvalue weighted by Gasteiger charge is -2.08. The van der Waals surface area contributed by atoms with Gasteiger partial charge < -0.3 is 29.3 Å². The van der Waals surface area contributed by atoms with Crippen LogP contribution in [0.25, 0.3) is 0 Å². The fourth-order valence-corrected chi connectivity index (χ4v) is 2.24. The molecule has 0 radical (unpaired) electrons. The molecule has 2 aromatic rings. The summed E-state index contributed by atoms with van der Waals surface area (Å²) < 4.78 is 0. The highest BCUT2D eigenvalue weighted by atomic mass is 127. The second-order valence-corrected chi connectivity index (χ2v) is 4.68. The van der Waals surface area contributed by atoms with Crippen LogP contribution in [0, 0.1) is 0 Å². The summed E-state index contributed by atoms with van der Waals surface area (Å²) in [5.74, 6) is 0.813. The largest absolute Gasteiger partial charge is 1.00 e. The first-order chi connectivity index (χ1) is 10.7. The van der Waals surface area contributed by atoms with Gasteiger partial charge in [-0.3, -0.25) is 10.6 Å². The molecule has 8 nitrogen and oxygen atoms in total. The van der Waals surface area contributed by atoms with Crippen LogP contribution in [0.4, 0.5) is 32.6 Å². The predicted molar refractivity (Wildman–Crippen MR) is 81.3 cm³/mol. The van der Waals surface area contributed by atoms with Crippen molar-refractivity contribution in [1.82, 2.24) is 9.97 Å². The Labute approximate surface area is 149 Å². The minimum absolute atomic E-state index is 0. The molecular formula is C14H15IN6O2. The van der Waals surface area contributed by atoms with Crippen molar-refractivity contribution in [2.75, 3.05) is 22.5 Å². The Bertz CT molecular complexity index is 724. The van der Waals surface area contributed by atoms with Crippen molar-refractivity contribution in [2.24, 2.45) is 0 Å². The summed E-state index contributed by atoms with van der Waals surface area (Å²) in [7, 11) is 0. The fourth-order valence-electron chi connectivity index (χ4n) is 2.24. The number of anilines is 3. The van der Waals surface area contributed by atoms with Crippen molar-refractivity contribution in [2.45, 2.75) is 6.92 Å². The van der Waals surface area contributed by atoms with E-state index in [1.807, 2.05) is 25.1 Å². The highest BCUT2D eigenvalue weighted by Gasteiger charge is 2.36. The van der Waals surface area contributed by atoms with Gasteiger partial charge in [0.1, 0.15) is 6.33 Å². The van der Waals surface area contributed by atoms with Gasteiger partial charge in [-0.2, -0.15) is 4.98 Å². The molecule has 0 aliphatic carbocycles. The number of carbonyl (C=O) groups is 2. The van der Waals surface area contributed by atoms with Gasteiger partial charge in [-0.15, -0.1) is 0 Å². The summed E-state index contributed by atoms with van der Waals surface area (Å²) in [4.78, 5) is 32.6. The van der Waals surface area contributed by atoms with Gasteiger partial charge in [-0.25, -0.2) is 19.5 Å². The quantitative estimate of drug-likeness (QED) is 0.436. The average molecular weight is 426 g/mol. The Morgan fingerprint density at radius 3 is 2.65 bits per heavy atom. The van der Waals surface area contributed by atoms with Crippen LogP contribution in [-0.2, 0) is 0 Å². The number of nitrogens with zero attached hydrogens (tertiary/aromatic N) is 2. The zero-order chi connectivity index (χ0) is 15.5. The van der Waals surface area contributed by atoms with Crippen molar-refractivity contribution in [3.63, 3.8) is 0 Å². The second-order valence-electron chi connectivity index (χ2n) is 4.68. The number of urea groups is 2. The van der Waals surface area contributed by atoms with Gasteiger partial charge in [-0.1, -0.05) is 18.2 Å². The average Bonchev–Trinajstić information content (AvgIpc) is 2.84. The van der Waals surface area contributed by atoms with Crippen molar-refractivity contribution in [3.05, 3.63) is 36.7 Å². The highest BCUT2D eigenvalue weighted by molar-refractivity contribution is 6.04. The third-order valence-corrected chi connectivity index (χ3v) is 3.26. The normalized spacial score (nSPS) is 15.2. The first-order valence-corrected chi connectivity index (χ1v) is 6.84. The van der Waals surface area contributed by atoms with E-state index in [9.17, 15) is 9.59 Å². The van der Waals surface area contributed by atoms with Crippen LogP contribution in [0.2, 0.25) is 0 Å². The van der Waals surface area contributed by atoms with Crippen LogP contribution in [0.15, 0.2) is 36.7 Å². The lowest BCUT2D eigenvalue weighted by Crippen LogP contribution is -3.08. The Morgan fingerprint density at radius 1 is 1.22 bits per heavy atom. The number of hydrogen-bond acceptors (Lipinski definition) is 4. The summed E-state index contributed by atoms with van der Waals surface area (Å²) in [6.07, 6.45) is 1.33. The topological polar surface area (TPSA) is 100 Å². The zero-order valence-corrected chi connectivity index (χ0v) is 14.4. The van der Waals surface area contributed by atoms with Crippen LogP contribution in [0.1, 0.15) is 6.92 Å². The molecule has 0 saturated carbocycles. The van der Waals surface area contributed by atoms with E-state index < -0.39 is 6.03 Å². The molecule has 9 heteroatoms. The molecular weight excluding hydrogens is 411 g/mol. The van der Waals surface area contributed by atoms with Crippen LogP contribution in [-0.4, -0.2) is 28.6 Å². The Morgan fingerprint density at radius 2 is 1.96 bits per heavy atom. The van der Waals surface area contributed by atoms with Gasteiger partial charge in [0.15, 0.2) is 11.5 Å². The van der Waals surface area contributed by atoms with Crippen LogP contribution >= 0.6 is 0 Å². The summed E-state index contributed by atoms with van der Waals surface area (Å²) in [5, 5.41) is 8.01. The third-order valence-electron chi connectivity index (χ3n) is 3.26. The summed E-state index contributed by atoms with van der Waals surface area (Å²) in [6.45, 7) is 2.44. The molecule has 1 aliphatic heterocycles. The highest BCUT2D eigenvalue weighted by Crippen LogP contribution is 2.26. The molecule has 0 fully saturated rings. The Hall–Kier alpha value is -2.27. The lowest BCUT2D eigenvalue weighted by molar-refractivity contribution is -0.736. The van der Waals surface area contributed by atoms with Crippen LogP contribution < -0.4 is 44.8 Å². The van der Waals surface area contributed by atoms with Gasteiger partial charge in [0.2, 0.25) is 0 Å². The van der Waals surface area contributed by atoms with Crippen molar-refractivity contribution >= 4 is 35.1 Å². The number of para-hydroxylation sites is 1. The number of amides is 4.